The number of carbonyl (C=O) groups excluding carboxylic acids is 1. The van der Waals surface area contributed by atoms with E-state index in [1.54, 1.807) is 18.9 Å². The van der Waals surface area contributed by atoms with Gasteiger partial charge in [0.15, 0.2) is 0 Å². The van der Waals surface area contributed by atoms with E-state index in [1.165, 1.54) is 30.0 Å². The lowest BCUT2D eigenvalue weighted by atomic mass is 9.82. The fourth-order valence-corrected chi connectivity index (χ4v) is 3.08. The van der Waals surface area contributed by atoms with Gasteiger partial charge >= 0.3 is 0 Å². The third-order valence-electron chi connectivity index (χ3n) is 4.75. The Labute approximate surface area is 134 Å². The zero-order chi connectivity index (χ0) is 17.4. The molecule has 1 saturated heterocycles. The van der Waals surface area contributed by atoms with Crippen molar-refractivity contribution >= 4 is 5.91 Å². The first-order valence-electron chi connectivity index (χ1n) is 7.36. The van der Waals surface area contributed by atoms with Crippen LogP contribution in [0.25, 0.3) is 0 Å². The maximum atomic E-state index is 13.6. The highest BCUT2D eigenvalue weighted by Gasteiger charge is 2.53. The van der Waals surface area contributed by atoms with Crippen molar-refractivity contribution in [2.75, 3.05) is 26.8 Å². The van der Waals surface area contributed by atoms with Gasteiger partial charge in [-0.25, -0.2) is 13.2 Å². The minimum absolute atomic E-state index is 0.164. The van der Waals surface area contributed by atoms with E-state index in [9.17, 15) is 18.0 Å². The minimum Gasteiger partial charge on any atom is -0.327 e. The summed E-state index contributed by atoms with van der Waals surface area (Å²) in [5.41, 5.74) is -1.95. The number of nitrogens with zero attached hydrogens (tertiary/aromatic N) is 2. The maximum absolute atomic E-state index is 13.6. The second-order valence-electron chi connectivity index (χ2n) is 6.40. The average Bonchev–Trinajstić information content (AvgIpc) is 2.48. The fourth-order valence-electron chi connectivity index (χ4n) is 3.08. The van der Waals surface area contributed by atoms with Gasteiger partial charge in [-0.1, -0.05) is 6.08 Å². The van der Waals surface area contributed by atoms with E-state index >= 15 is 0 Å². The molecule has 3 nitrogen and oxygen atoms in total. The molecule has 0 saturated carbocycles. The van der Waals surface area contributed by atoms with Gasteiger partial charge in [0.25, 0.3) is 0 Å². The molecule has 0 aliphatic carbocycles. The van der Waals surface area contributed by atoms with Crippen molar-refractivity contribution in [3.63, 3.8) is 0 Å². The molecule has 1 aliphatic heterocycles. The van der Waals surface area contributed by atoms with Crippen molar-refractivity contribution in [2.45, 2.75) is 24.9 Å². The Morgan fingerprint density at radius 1 is 1.26 bits per heavy atom. The smallest absolute Gasteiger partial charge is 0.246 e. The van der Waals surface area contributed by atoms with Gasteiger partial charge in [0, 0.05) is 19.2 Å². The third-order valence-corrected chi connectivity index (χ3v) is 4.75. The number of likely N-dealkylation sites (N-methyl/N-ethyl adjacent to an activating group) is 1. The molecule has 0 N–H and O–H groups in total. The molecule has 2 atom stereocenters. The van der Waals surface area contributed by atoms with Crippen molar-refractivity contribution in [3.8, 4) is 0 Å². The topological polar surface area (TPSA) is 23.6 Å². The summed E-state index contributed by atoms with van der Waals surface area (Å²) in [6.07, 6.45) is 1.52. The number of piperazine rings is 1. The summed E-state index contributed by atoms with van der Waals surface area (Å²) >= 11 is 0. The second kappa shape index (κ2) is 6.00. The minimum atomic E-state index is -1.30. The number of alkyl halides is 1. The van der Waals surface area contributed by atoms with E-state index in [4.69, 9.17) is 0 Å². The summed E-state index contributed by atoms with van der Waals surface area (Å²) in [5.74, 6) is -1.86. The van der Waals surface area contributed by atoms with E-state index in [0.29, 0.717) is 5.56 Å². The lowest BCUT2D eigenvalue weighted by molar-refractivity contribution is -0.162. The van der Waals surface area contributed by atoms with Crippen LogP contribution in [0.4, 0.5) is 13.2 Å². The van der Waals surface area contributed by atoms with Crippen molar-refractivity contribution in [3.05, 3.63) is 48.1 Å². The molecule has 126 valence electrons. The van der Waals surface area contributed by atoms with Crippen molar-refractivity contribution in [1.29, 1.82) is 0 Å². The summed E-state index contributed by atoms with van der Waals surface area (Å²) < 4.78 is 40.8. The van der Waals surface area contributed by atoms with Crippen LogP contribution in [0.3, 0.4) is 0 Å². The number of benzene rings is 1. The number of halogens is 3. The van der Waals surface area contributed by atoms with Gasteiger partial charge in [-0.2, -0.15) is 0 Å². The summed E-state index contributed by atoms with van der Waals surface area (Å²) in [4.78, 5) is 15.9. The van der Waals surface area contributed by atoms with E-state index < -0.39 is 35.3 Å². The monoisotopic (exact) mass is 326 g/mol. The molecule has 1 heterocycles. The van der Waals surface area contributed by atoms with Crippen LogP contribution in [0, 0.1) is 11.6 Å². The number of hydrogen-bond acceptors (Lipinski definition) is 2. The largest absolute Gasteiger partial charge is 0.327 e. The molecular weight excluding hydrogens is 305 g/mol. The lowest BCUT2D eigenvalue weighted by Gasteiger charge is -2.54. The molecule has 6 heteroatoms. The van der Waals surface area contributed by atoms with Crippen molar-refractivity contribution < 1.29 is 18.0 Å². The Morgan fingerprint density at radius 3 is 2.30 bits per heavy atom. The van der Waals surface area contributed by atoms with E-state index in [2.05, 4.69) is 6.58 Å². The van der Waals surface area contributed by atoms with Crippen LogP contribution in [-0.4, -0.2) is 48.1 Å². The molecule has 0 spiro atoms. The van der Waals surface area contributed by atoms with Crippen LogP contribution >= 0.6 is 0 Å². The molecule has 0 radical (unpaired) electrons. The zero-order valence-corrected chi connectivity index (χ0v) is 13.6. The van der Waals surface area contributed by atoms with Gasteiger partial charge in [0.2, 0.25) is 5.91 Å². The predicted octanol–water partition coefficient (Wildman–Crippen LogP) is 2.87. The molecule has 23 heavy (non-hydrogen) atoms. The van der Waals surface area contributed by atoms with E-state index in [1.807, 2.05) is 0 Å². The number of amides is 1. The van der Waals surface area contributed by atoms with Gasteiger partial charge in [-0.05, 0) is 38.6 Å². The highest BCUT2D eigenvalue weighted by atomic mass is 19.1. The molecule has 0 bridgehead atoms. The SMILES string of the molecule is C=CCN1C(=O)[C@@](C)(CF)N(C)CC1(C)c1cc(F)cc(F)c1. The highest BCUT2D eigenvalue weighted by molar-refractivity contribution is 5.88. The lowest BCUT2D eigenvalue weighted by Crippen LogP contribution is -2.70. The predicted molar refractivity (Wildman–Crippen MR) is 82.6 cm³/mol. The van der Waals surface area contributed by atoms with Gasteiger partial charge < -0.3 is 4.90 Å². The first kappa shape index (κ1) is 17.5. The quantitative estimate of drug-likeness (QED) is 0.795. The number of carbonyl (C=O) groups is 1. The Kier molecular flexibility index (Phi) is 4.57. The van der Waals surface area contributed by atoms with Crippen LogP contribution in [0.2, 0.25) is 0 Å². The maximum Gasteiger partial charge on any atom is 0.246 e. The summed E-state index contributed by atoms with van der Waals surface area (Å²) in [6.45, 7) is 6.44. The number of hydrogen-bond donors (Lipinski definition) is 0. The molecule has 1 fully saturated rings. The van der Waals surface area contributed by atoms with Gasteiger partial charge in [0.05, 0.1) is 5.54 Å². The zero-order valence-electron chi connectivity index (χ0n) is 13.6. The van der Waals surface area contributed by atoms with Crippen LogP contribution in [-0.2, 0) is 10.3 Å². The van der Waals surface area contributed by atoms with Gasteiger partial charge in [-0.15, -0.1) is 6.58 Å². The van der Waals surface area contributed by atoms with E-state index in [0.717, 1.165) is 6.07 Å². The molecule has 2 rings (SSSR count). The van der Waals surface area contributed by atoms with Crippen LogP contribution in [0.5, 0.6) is 0 Å². The summed E-state index contributed by atoms with van der Waals surface area (Å²) in [5, 5.41) is 0. The molecule has 1 amide bonds. The Bertz CT molecular complexity index is 616. The van der Waals surface area contributed by atoms with Crippen LogP contribution in [0.1, 0.15) is 19.4 Å². The normalized spacial score (nSPS) is 29.0. The average molecular weight is 326 g/mol. The Balaban J connectivity index is 2.58. The Hall–Kier alpha value is -1.82. The second-order valence-corrected chi connectivity index (χ2v) is 6.40. The Morgan fingerprint density at radius 2 is 1.83 bits per heavy atom. The molecular formula is C17H21F3N2O. The molecule has 1 unspecified atom stereocenters. The number of rotatable bonds is 4. The summed E-state index contributed by atoms with van der Waals surface area (Å²) in [6, 6.07) is 3.20. The van der Waals surface area contributed by atoms with Crippen molar-refractivity contribution in [2.24, 2.45) is 0 Å². The van der Waals surface area contributed by atoms with E-state index in [-0.39, 0.29) is 13.1 Å². The highest BCUT2D eigenvalue weighted by Crippen LogP contribution is 2.38. The van der Waals surface area contributed by atoms with Gasteiger partial charge in [-0.3, -0.25) is 9.69 Å². The molecule has 1 aromatic carbocycles. The van der Waals surface area contributed by atoms with Gasteiger partial charge in [0.1, 0.15) is 23.8 Å². The first-order valence-corrected chi connectivity index (χ1v) is 7.36. The van der Waals surface area contributed by atoms with Crippen LogP contribution < -0.4 is 0 Å². The first-order chi connectivity index (χ1) is 10.7. The fraction of sp³-hybridized carbons (Fsp3) is 0.471. The molecule has 1 aromatic rings. The van der Waals surface area contributed by atoms with Crippen LogP contribution in [0.15, 0.2) is 30.9 Å². The third kappa shape index (κ3) is 2.76. The van der Waals surface area contributed by atoms with Crippen molar-refractivity contribution in [1.82, 2.24) is 9.80 Å². The summed E-state index contributed by atoms with van der Waals surface area (Å²) in [7, 11) is 1.64. The molecule has 1 aliphatic rings. The molecule has 0 aromatic heterocycles. The standard InChI is InChI=1S/C17H21F3N2O/c1-5-6-22-15(23)16(2,10-18)21(4)11-17(22,3)12-7-13(19)9-14(20)8-12/h5,7-9H,1,6,10-11H2,2-4H3/t16-,17?/m1/s1.